The molecular formula is C22H22F3N3O3S. The molecule has 2 heterocycles. The van der Waals surface area contributed by atoms with Gasteiger partial charge in [-0.3, -0.25) is 4.90 Å². The third-order valence-electron chi connectivity index (χ3n) is 5.47. The molecule has 0 unspecified atom stereocenters. The Hall–Kier alpha value is -2.82. The number of sulfonamides is 1. The van der Waals surface area contributed by atoms with Gasteiger partial charge in [0.15, 0.2) is 0 Å². The van der Waals surface area contributed by atoms with E-state index in [4.69, 9.17) is 4.42 Å². The fourth-order valence-electron chi connectivity index (χ4n) is 3.82. The van der Waals surface area contributed by atoms with E-state index in [1.165, 1.54) is 12.3 Å². The molecule has 1 aliphatic rings. The highest BCUT2D eigenvalue weighted by atomic mass is 32.2. The summed E-state index contributed by atoms with van der Waals surface area (Å²) in [6.45, 7) is 2.00. The zero-order valence-electron chi connectivity index (χ0n) is 17.0. The number of piperazine rings is 1. The number of furan rings is 1. The van der Waals surface area contributed by atoms with Gasteiger partial charge in [0.25, 0.3) is 0 Å². The number of anilines is 1. The van der Waals surface area contributed by atoms with E-state index in [1.54, 1.807) is 30.3 Å². The van der Waals surface area contributed by atoms with Crippen molar-refractivity contribution in [2.75, 3.05) is 37.6 Å². The number of halogens is 3. The van der Waals surface area contributed by atoms with E-state index < -0.39 is 32.6 Å². The fourth-order valence-corrected chi connectivity index (χ4v) is 4.95. The van der Waals surface area contributed by atoms with Crippen molar-refractivity contribution in [2.45, 2.75) is 10.9 Å². The third-order valence-corrected chi connectivity index (χ3v) is 6.91. The summed E-state index contributed by atoms with van der Waals surface area (Å²) >= 11 is 0. The van der Waals surface area contributed by atoms with E-state index in [9.17, 15) is 21.6 Å². The van der Waals surface area contributed by atoms with Crippen LogP contribution in [0, 0.1) is 17.5 Å². The molecule has 10 heteroatoms. The predicted molar refractivity (Wildman–Crippen MR) is 113 cm³/mol. The van der Waals surface area contributed by atoms with Gasteiger partial charge in [0.05, 0.1) is 18.0 Å². The second kappa shape index (κ2) is 9.35. The summed E-state index contributed by atoms with van der Waals surface area (Å²) in [6.07, 6.45) is 1.48. The molecule has 0 radical (unpaired) electrons. The Balaban J connectivity index is 1.48. The first-order valence-corrected chi connectivity index (χ1v) is 11.5. The lowest BCUT2D eigenvalue weighted by molar-refractivity contribution is 0.166. The molecule has 4 rings (SSSR count). The van der Waals surface area contributed by atoms with Crippen LogP contribution in [0.2, 0.25) is 0 Å². The average molecular weight is 465 g/mol. The topological polar surface area (TPSA) is 65.8 Å². The summed E-state index contributed by atoms with van der Waals surface area (Å²) in [5.41, 5.74) is 0.518. The van der Waals surface area contributed by atoms with E-state index in [0.29, 0.717) is 43.7 Å². The van der Waals surface area contributed by atoms with E-state index in [1.807, 2.05) is 9.80 Å². The molecule has 0 spiro atoms. The minimum Gasteiger partial charge on any atom is -0.468 e. The highest BCUT2D eigenvalue weighted by Gasteiger charge is 2.30. The van der Waals surface area contributed by atoms with Crippen molar-refractivity contribution in [3.8, 4) is 0 Å². The molecular weight excluding hydrogens is 443 g/mol. The highest BCUT2D eigenvalue weighted by Crippen LogP contribution is 2.26. The van der Waals surface area contributed by atoms with Crippen LogP contribution in [0.25, 0.3) is 0 Å². The van der Waals surface area contributed by atoms with E-state index in [2.05, 4.69) is 4.72 Å². The molecule has 170 valence electrons. The molecule has 1 saturated heterocycles. The van der Waals surface area contributed by atoms with Gasteiger partial charge in [0.1, 0.15) is 28.1 Å². The summed E-state index contributed by atoms with van der Waals surface area (Å²) in [4.78, 5) is 3.19. The molecule has 0 amide bonds. The Kier molecular flexibility index (Phi) is 6.54. The SMILES string of the molecule is O=S(=O)(NC[C@@H](c1ccco1)N1CCN(c2ccccc2F)CC1)c1cc(F)ccc1F. The number of hydrogen-bond donors (Lipinski definition) is 1. The Morgan fingerprint density at radius 2 is 1.69 bits per heavy atom. The van der Waals surface area contributed by atoms with Crippen LogP contribution in [0.3, 0.4) is 0 Å². The first-order valence-electron chi connectivity index (χ1n) is 10.1. The van der Waals surface area contributed by atoms with Crippen LogP contribution in [0.5, 0.6) is 0 Å². The monoisotopic (exact) mass is 465 g/mol. The molecule has 0 aliphatic carbocycles. The van der Waals surface area contributed by atoms with Crippen molar-refractivity contribution in [1.29, 1.82) is 0 Å². The minimum absolute atomic E-state index is 0.106. The lowest BCUT2D eigenvalue weighted by Crippen LogP contribution is -2.50. The molecule has 32 heavy (non-hydrogen) atoms. The molecule has 1 N–H and O–H groups in total. The number of nitrogens with zero attached hydrogens (tertiary/aromatic N) is 2. The quantitative estimate of drug-likeness (QED) is 0.578. The Bertz CT molecular complexity index is 1160. The summed E-state index contributed by atoms with van der Waals surface area (Å²) in [5.74, 6) is -1.65. The van der Waals surface area contributed by atoms with Crippen molar-refractivity contribution in [3.05, 3.63) is 84.1 Å². The standard InChI is InChI=1S/C22H22F3N3O3S/c23-16-7-8-18(25)22(14-16)32(29,30)26-15-20(21-6-3-13-31-21)28-11-9-27(10-12-28)19-5-2-1-4-17(19)24/h1-8,13-14,20,26H,9-12,15H2/t20-/m0/s1. The zero-order chi connectivity index (χ0) is 22.7. The molecule has 2 aromatic carbocycles. The van der Waals surface area contributed by atoms with Gasteiger partial charge in [-0.05, 0) is 42.5 Å². The van der Waals surface area contributed by atoms with Crippen molar-refractivity contribution in [3.63, 3.8) is 0 Å². The number of rotatable bonds is 7. The lowest BCUT2D eigenvalue weighted by Gasteiger charge is -2.39. The zero-order valence-corrected chi connectivity index (χ0v) is 17.9. The minimum atomic E-state index is -4.29. The van der Waals surface area contributed by atoms with Crippen LogP contribution in [-0.2, 0) is 10.0 Å². The van der Waals surface area contributed by atoms with Gasteiger partial charge in [-0.15, -0.1) is 0 Å². The fraction of sp³-hybridized carbons (Fsp3) is 0.273. The van der Waals surface area contributed by atoms with E-state index >= 15 is 0 Å². The van der Waals surface area contributed by atoms with E-state index in [0.717, 1.165) is 12.1 Å². The van der Waals surface area contributed by atoms with Gasteiger partial charge in [0.2, 0.25) is 10.0 Å². The lowest BCUT2D eigenvalue weighted by atomic mass is 10.1. The maximum Gasteiger partial charge on any atom is 0.243 e. The maximum atomic E-state index is 14.1. The second-order valence-electron chi connectivity index (χ2n) is 7.43. The van der Waals surface area contributed by atoms with Crippen LogP contribution in [0.1, 0.15) is 11.8 Å². The van der Waals surface area contributed by atoms with Crippen LogP contribution in [0.4, 0.5) is 18.9 Å². The number of para-hydroxylation sites is 1. The molecule has 1 aliphatic heterocycles. The molecule has 3 aromatic rings. The van der Waals surface area contributed by atoms with Gasteiger partial charge in [-0.1, -0.05) is 12.1 Å². The third kappa shape index (κ3) is 4.82. The number of nitrogens with one attached hydrogen (secondary N) is 1. The molecule has 0 bridgehead atoms. The molecule has 1 aromatic heterocycles. The highest BCUT2D eigenvalue weighted by molar-refractivity contribution is 7.89. The van der Waals surface area contributed by atoms with Crippen LogP contribution < -0.4 is 9.62 Å². The Morgan fingerprint density at radius 1 is 0.938 bits per heavy atom. The molecule has 1 atom stereocenters. The Morgan fingerprint density at radius 3 is 2.38 bits per heavy atom. The molecule has 0 saturated carbocycles. The van der Waals surface area contributed by atoms with Gasteiger partial charge in [-0.25, -0.2) is 26.3 Å². The van der Waals surface area contributed by atoms with Crippen molar-refractivity contribution in [1.82, 2.24) is 9.62 Å². The molecule has 1 fully saturated rings. The summed E-state index contributed by atoms with van der Waals surface area (Å²) in [5, 5.41) is 0. The summed E-state index contributed by atoms with van der Waals surface area (Å²) in [7, 11) is -4.29. The normalized spacial score (nSPS) is 16.3. The van der Waals surface area contributed by atoms with Gasteiger partial charge >= 0.3 is 0 Å². The second-order valence-corrected chi connectivity index (χ2v) is 9.17. The number of benzene rings is 2. The summed E-state index contributed by atoms with van der Waals surface area (Å²) in [6, 6.07) is 11.8. The van der Waals surface area contributed by atoms with Gasteiger partial charge in [0, 0.05) is 32.7 Å². The van der Waals surface area contributed by atoms with Crippen molar-refractivity contribution < 1.29 is 26.0 Å². The maximum absolute atomic E-state index is 14.1. The summed E-state index contributed by atoms with van der Waals surface area (Å²) < 4.78 is 74.7. The predicted octanol–water partition coefficient (Wildman–Crippen LogP) is 3.54. The van der Waals surface area contributed by atoms with Crippen LogP contribution >= 0.6 is 0 Å². The molecule has 6 nitrogen and oxygen atoms in total. The average Bonchev–Trinajstić information content (AvgIpc) is 3.31. The largest absolute Gasteiger partial charge is 0.468 e. The van der Waals surface area contributed by atoms with Gasteiger partial charge < -0.3 is 9.32 Å². The van der Waals surface area contributed by atoms with Crippen LogP contribution in [0.15, 0.2) is 70.2 Å². The van der Waals surface area contributed by atoms with Gasteiger partial charge in [-0.2, -0.15) is 0 Å². The van der Waals surface area contributed by atoms with E-state index in [-0.39, 0.29) is 12.4 Å². The number of hydrogen-bond acceptors (Lipinski definition) is 5. The first-order chi connectivity index (χ1) is 15.3. The first kappa shape index (κ1) is 22.4. The Labute approximate surface area is 184 Å². The van der Waals surface area contributed by atoms with Crippen molar-refractivity contribution in [2.24, 2.45) is 0 Å². The van der Waals surface area contributed by atoms with Crippen molar-refractivity contribution >= 4 is 15.7 Å². The van der Waals surface area contributed by atoms with Crippen LogP contribution in [-0.4, -0.2) is 46.0 Å². The smallest absolute Gasteiger partial charge is 0.243 e.